The van der Waals surface area contributed by atoms with Crippen LogP contribution in [0.3, 0.4) is 0 Å². The van der Waals surface area contributed by atoms with Gasteiger partial charge in [0.25, 0.3) is 0 Å². The van der Waals surface area contributed by atoms with Gasteiger partial charge in [-0.25, -0.2) is 4.57 Å². The standard InChI is InChI=1S/C28H53N2O12P/c1-19(2)42-43(37,38)40-18-21-15-22(33)16-30(21)24(34)13-11-9-7-5-4-6-8-10-12-14-39-28-25(29-20(3)32)27(36)26(35)23(17-31)41-28/h19,21-23,25-28,31,33,35-36H,4-18H2,1-3H3,(H,29,32)(H,37,38). The van der Waals surface area contributed by atoms with E-state index >= 15 is 0 Å². The Morgan fingerprint density at radius 3 is 2.19 bits per heavy atom. The Morgan fingerprint density at radius 1 is 1.00 bits per heavy atom. The lowest BCUT2D eigenvalue weighted by Crippen LogP contribution is -2.64. The summed E-state index contributed by atoms with van der Waals surface area (Å²) in [5.74, 6) is -0.484. The van der Waals surface area contributed by atoms with Gasteiger partial charge in [0.15, 0.2) is 6.29 Å². The topological polar surface area (TPSA) is 205 Å². The quantitative estimate of drug-likeness (QED) is 0.0825. The van der Waals surface area contributed by atoms with Crippen molar-refractivity contribution in [3.05, 3.63) is 0 Å². The number of carbonyl (C=O) groups excluding carboxylic acids is 2. The Labute approximate surface area is 254 Å². The molecular formula is C28H53N2O12P. The van der Waals surface area contributed by atoms with Gasteiger partial charge < -0.3 is 45.0 Å². The van der Waals surface area contributed by atoms with E-state index in [1.807, 2.05) is 0 Å². The Kier molecular flexibility index (Phi) is 17.1. The zero-order valence-corrected chi connectivity index (χ0v) is 26.6. The Morgan fingerprint density at radius 2 is 1.60 bits per heavy atom. The normalized spacial score (nSPS) is 29.1. The largest absolute Gasteiger partial charge is 0.472 e. The summed E-state index contributed by atoms with van der Waals surface area (Å²) in [6, 6.07) is -1.39. The number of unbranched alkanes of at least 4 members (excludes halogenated alkanes) is 8. The van der Waals surface area contributed by atoms with E-state index in [9.17, 15) is 39.5 Å². The van der Waals surface area contributed by atoms with Crippen LogP contribution in [0.1, 0.15) is 91.4 Å². The predicted octanol–water partition coefficient (Wildman–Crippen LogP) is 1.35. The third-order valence-electron chi connectivity index (χ3n) is 7.55. The second kappa shape index (κ2) is 19.4. The molecule has 15 heteroatoms. The van der Waals surface area contributed by atoms with Crippen LogP contribution in [0.2, 0.25) is 0 Å². The van der Waals surface area contributed by atoms with Crippen molar-refractivity contribution in [2.45, 2.75) is 140 Å². The third kappa shape index (κ3) is 13.8. The monoisotopic (exact) mass is 640 g/mol. The molecule has 0 aromatic heterocycles. The number of aliphatic hydroxyl groups is 4. The molecule has 6 N–H and O–H groups in total. The van der Waals surface area contributed by atoms with Gasteiger partial charge in [0.05, 0.1) is 31.5 Å². The van der Waals surface area contributed by atoms with Crippen molar-refractivity contribution >= 4 is 19.6 Å². The van der Waals surface area contributed by atoms with Gasteiger partial charge in [-0.15, -0.1) is 0 Å². The summed E-state index contributed by atoms with van der Waals surface area (Å²) in [6.07, 6.45) is 3.43. The lowest BCUT2D eigenvalue weighted by atomic mass is 9.97. The fraction of sp³-hybridized carbons (Fsp3) is 0.929. The van der Waals surface area contributed by atoms with Crippen LogP contribution in [0.15, 0.2) is 0 Å². The highest BCUT2D eigenvalue weighted by molar-refractivity contribution is 7.47. The fourth-order valence-corrected chi connectivity index (χ4v) is 6.36. The maximum absolute atomic E-state index is 12.7. The van der Waals surface area contributed by atoms with Gasteiger partial charge in [0.2, 0.25) is 11.8 Å². The maximum Gasteiger partial charge on any atom is 0.472 e. The smallest absolute Gasteiger partial charge is 0.394 e. The molecule has 0 bridgehead atoms. The van der Waals surface area contributed by atoms with Crippen molar-refractivity contribution in [3.8, 4) is 0 Å². The molecule has 14 nitrogen and oxygen atoms in total. The zero-order chi connectivity index (χ0) is 32.0. The lowest BCUT2D eigenvalue weighted by Gasteiger charge is -2.42. The van der Waals surface area contributed by atoms with E-state index in [-0.39, 0.29) is 19.1 Å². The summed E-state index contributed by atoms with van der Waals surface area (Å²) < 4.78 is 33.2. The first kappa shape index (κ1) is 38.0. The Bertz CT molecular complexity index is 881. The Balaban J connectivity index is 1.54. The first-order valence-corrected chi connectivity index (χ1v) is 17.0. The first-order chi connectivity index (χ1) is 20.3. The van der Waals surface area contributed by atoms with Crippen LogP contribution in [0.5, 0.6) is 0 Å². The molecule has 2 aliphatic heterocycles. The number of amides is 2. The van der Waals surface area contributed by atoms with Gasteiger partial charge in [0.1, 0.15) is 24.4 Å². The van der Waals surface area contributed by atoms with Gasteiger partial charge >= 0.3 is 7.82 Å². The van der Waals surface area contributed by atoms with Gasteiger partial charge in [-0.2, -0.15) is 0 Å². The van der Waals surface area contributed by atoms with Crippen LogP contribution in [0.4, 0.5) is 0 Å². The number of nitrogens with one attached hydrogen (secondary N) is 1. The third-order valence-corrected chi connectivity index (χ3v) is 8.72. The molecule has 252 valence electrons. The number of carbonyl (C=O) groups is 2. The van der Waals surface area contributed by atoms with E-state index < -0.39 is 69.2 Å². The molecule has 2 heterocycles. The van der Waals surface area contributed by atoms with Crippen molar-refractivity contribution in [2.24, 2.45) is 0 Å². The second-order valence-electron chi connectivity index (χ2n) is 11.7. The van der Waals surface area contributed by atoms with Gasteiger partial charge in [-0.05, 0) is 33.1 Å². The predicted molar refractivity (Wildman–Crippen MR) is 156 cm³/mol. The van der Waals surface area contributed by atoms with E-state index in [4.69, 9.17) is 18.5 Å². The van der Waals surface area contributed by atoms with Crippen molar-refractivity contribution < 1.29 is 58.0 Å². The first-order valence-electron chi connectivity index (χ1n) is 15.5. The highest BCUT2D eigenvalue weighted by Gasteiger charge is 2.45. The molecule has 8 unspecified atom stereocenters. The number of β-amino-alcohol motifs (C(OH)–C–C–N with tert-alkyl or cyclic N) is 1. The average Bonchev–Trinajstić information content (AvgIpc) is 3.31. The van der Waals surface area contributed by atoms with Crippen LogP contribution < -0.4 is 5.32 Å². The molecule has 2 saturated heterocycles. The molecular weight excluding hydrogens is 587 g/mol. The molecule has 0 radical (unpaired) electrons. The number of phosphoric acid groups is 1. The minimum absolute atomic E-state index is 0.0930. The van der Waals surface area contributed by atoms with Crippen LogP contribution in [-0.4, -0.2) is 117 Å². The summed E-state index contributed by atoms with van der Waals surface area (Å²) in [5.41, 5.74) is 0. The van der Waals surface area contributed by atoms with Gasteiger partial charge in [-0.3, -0.25) is 18.6 Å². The van der Waals surface area contributed by atoms with Crippen molar-refractivity contribution in [2.75, 3.05) is 26.4 Å². The minimum atomic E-state index is -4.21. The molecule has 8 atom stereocenters. The summed E-state index contributed by atoms with van der Waals surface area (Å²) in [5, 5.41) is 42.3. The van der Waals surface area contributed by atoms with Crippen LogP contribution in [0.25, 0.3) is 0 Å². The SMILES string of the molecule is CC(=O)NC1C(OCCCCCCCCCCCC(=O)N2CC(O)CC2COP(=O)(O)OC(C)C)OC(CO)C(O)C1O. The summed E-state index contributed by atoms with van der Waals surface area (Å²) in [6.45, 7) is 4.43. The van der Waals surface area contributed by atoms with Gasteiger partial charge in [0, 0.05) is 26.5 Å². The number of likely N-dealkylation sites (tertiary alicyclic amines) is 1. The number of aliphatic hydroxyl groups excluding tert-OH is 4. The molecule has 0 aromatic rings. The zero-order valence-electron chi connectivity index (χ0n) is 25.7. The van der Waals surface area contributed by atoms with E-state index in [2.05, 4.69) is 5.32 Å². The van der Waals surface area contributed by atoms with E-state index in [1.165, 1.54) is 6.92 Å². The molecule has 0 spiro atoms. The molecule has 43 heavy (non-hydrogen) atoms. The lowest BCUT2D eigenvalue weighted by molar-refractivity contribution is -0.270. The molecule has 2 aliphatic rings. The molecule has 0 aromatic carbocycles. The minimum Gasteiger partial charge on any atom is -0.394 e. The number of hydrogen-bond acceptors (Lipinski definition) is 11. The number of phosphoric ester groups is 1. The average molecular weight is 641 g/mol. The molecule has 2 amide bonds. The highest BCUT2D eigenvalue weighted by atomic mass is 31.2. The van der Waals surface area contributed by atoms with Crippen LogP contribution in [-0.2, 0) is 32.7 Å². The molecule has 0 saturated carbocycles. The van der Waals surface area contributed by atoms with E-state index in [1.54, 1.807) is 18.7 Å². The molecule has 2 rings (SSSR count). The summed E-state index contributed by atoms with van der Waals surface area (Å²) in [4.78, 5) is 35.5. The van der Waals surface area contributed by atoms with Crippen molar-refractivity contribution in [1.29, 1.82) is 0 Å². The van der Waals surface area contributed by atoms with Crippen LogP contribution in [0, 0.1) is 0 Å². The van der Waals surface area contributed by atoms with E-state index in [0.717, 1.165) is 57.8 Å². The highest BCUT2D eigenvalue weighted by Crippen LogP contribution is 2.45. The number of hydrogen-bond donors (Lipinski definition) is 6. The number of rotatable bonds is 20. The van der Waals surface area contributed by atoms with Crippen molar-refractivity contribution in [1.82, 2.24) is 10.2 Å². The van der Waals surface area contributed by atoms with E-state index in [0.29, 0.717) is 19.4 Å². The van der Waals surface area contributed by atoms with Crippen LogP contribution >= 0.6 is 7.82 Å². The van der Waals surface area contributed by atoms with Crippen molar-refractivity contribution in [3.63, 3.8) is 0 Å². The van der Waals surface area contributed by atoms with Gasteiger partial charge in [-0.1, -0.05) is 44.9 Å². The fourth-order valence-electron chi connectivity index (χ4n) is 5.40. The second-order valence-corrected chi connectivity index (χ2v) is 13.1. The maximum atomic E-state index is 12.7. The Hall–Kier alpha value is -1.19. The summed E-state index contributed by atoms with van der Waals surface area (Å²) >= 11 is 0. The molecule has 2 fully saturated rings. The molecule has 0 aliphatic carbocycles. The number of ether oxygens (including phenoxy) is 2. The summed E-state index contributed by atoms with van der Waals surface area (Å²) in [7, 11) is -4.21. The number of nitrogens with zero attached hydrogens (tertiary/aromatic N) is 1.